The fourth-order valence-electron chi connectivity index (χ4n) is 3.19. The number of amides is 2. The SMILES string of the molecule is C=C(C)C(=O)CCCCN(C(=O)CCCCOC(=O)C(=C)C)C(=O)C(CCCOC(=O)C(=C)C)C(C)=O. The van der Waals surface area contributed by atoms with Gasteiger partial charge in [0, 0.05) is 30.5 Å². The van der Waals surface area contributed by atoms with Crippen LogP contribution >= 0.6 is 0 Å². The van der Waals surface area contributed by atoms with Crippen LogP contribution in [0.25, 0.3) is 0 Å². The van der Waals surface area contributed by atoms with Gasteiger partial charge in [0.1, 0.15) is 5.78 Å². The molecule has 1 unspecified atom stereocenters. The first kappa shape index (κ1) is 33.6. The van der Waals surface area contributed by atoms with Crippen molar-refractivity contribution in [2.45, 2.75) is 79.1 Å². The number of ketones is 2. The maximum absolute atomic E-state index is 13.3. The highest BCUT2D eigenvalue weighted by Gasteiger charge is 2.31. The molecule has 0 saturated heterocycles. The Hall–Kier alpha value is -3.36. The van der Waals surface area contributed by atoms with E-state index >= 15 is 0 Å². The van der Waals surface area contributed by atoms with Gasteiger partial charge in [0.15, 0.2) is 5.78 Å². The number of carbonyl (C=O) groups is 6. The number of esters is 2. The molecule has 0 aliphatic rings. The Kier molecular flexibility index (Phi) is 16.3. The minimum Gasteiger partial charge on any atom is -0.462 e. The summed E-state index contributed by atoms with van der Waals surface area (Å²) in [4.78, 5) is 74.4. The molecule has 0 fully saturated rings. The van der Waals surface area contributed by atoms with Gasteiger partial charge < -0.3 is 9.47 Å². The van der Waals surface area contributed by atoms with E-state index in [1.165, 1.54) is 20.8 Å². The monoisotopic (exact) mass is 519 g/mol. The van der Waals surface area contributed by atoms with Gasteiger partial charge in [0.25, 0.3) is 0 Å². The molecule has 0 aromatic heterocycles. The molecule has 0 radical (unpaired) electrons. The van der Waals surface area contributed by atoms with E-state index in [2.05, 4.69) is 19.7 Å². The highest BCUT2D eigenvalue weighted by Crippen LogP contribution is 2.16. The lowest BCUT2D eigenvalue weighted by Crippen LogP contribution is -2.43. The van der Waals surface area contributed by atoms with Gasteiger partial charge in [-0.25, -0.2) is 9.59 Å². The number of hydrogen-bond acceptors (Lipinski definition) is 8. The summed E-state index contributed by atoms with van der Waals surface area (Å²) in [6.45, 7) is 16.8. The molecular weight excluding hydrogens is 478 g/mol. The lowest BCUT2D eigenvalue weighted by Gasteiger charge is -2.25. The topological polar surface area (TPSA) is 124 Å². The summed E-state index contributed by atoms with van der Waals surface area (Å²) in [6.07, 6.45) is 2.32. The molecule has 0 aliphatic carbocycles. The van der Waals surface area contributed by atoms with E-state index in [4.69, 9.17) is 9.47 Å². The molecule has 0 N–H and O–H groups in total. The van der Waals surface area contributed by atoms with Crippen LogP contribution in [-0.2, 0) is 38.2 Å². The number of rotatable bonds is 19. The van der Waals surface area contributed by atoms with Crippen LogP contribution in [0.4, 0.5) is 0 Å². The Morgan fingerprint density at radius 3 is 1.68 bits per heavy atom. The summed E-state index contributed by atoms with van der Waals surface area (Å²) in [5, 5.41) is 0. The molecule has 206 valence electrons. The maximum Gasteiger partial charge on any atom is 0.333 e. The number of carbonyl (C=O) groups excluding carboxylic acids is 6. The van der Waals surface area contributed by atoms with Crippen LogP contribution in [0.1, 0.15) is 79.1 Å². The van der Waals surface area contributed by atoms with Gasteiger partial charge in [0.2, 0.25) is 11.8 Å². The zero-order chi connectivity index (χ0) is 28.5. The minimum atomic E-state index is -1.05. The largest absolute Gasteiger partial charge is 0.462 e. The lowest BCUT2D eigenvalue weighted by atomic mass is 9.97. The number of imide groups is 1. The number of Topliss-reactive ketones (excluding diaryl/α,β-unsaturated/α-hetero) is 2. The molecule has 1 atom stereocenters. The van der Waals surface area contributed by atoms with Crippen molar-refractivity contribution in [3.05, 3.63) is 36.5 Å². The zero-order valence-electron chi connectivity index (χ0n) is 22.7. The molecule has 0 aliphatic heterocycles. The summed E-state index contributed by atoms with van der Waals surface area (Å²) in [6, 6.07) is 0. The van der Waals surface area contributed by atoms with Crippen molar-refractivity contribution in [2.24, 2.45) is 5.92 Å². The summed E-state index contributed by atoms with van der Waals surface area (Å²) < 4.78 is 10.0. The van der Waals surface area contributed by atoms with Crippen molar-refractivity contribution in [1.82, 2.24) is 4.90 Å². The van der Waals surface area contributed by atoms with Crippen LogP contribution in [0.5, 0.6) is 0 Å². The fraction of sp³-hybridized carbons (Fsp3) is 0.571. The van der Waals surface area contributed by atoms with E-state index in [0.717, 1.165) is 4.90 Å². The Morgan fingerprint density at radius 2 is 1.19 bits per heavy atom. The second kappa shape index (κ2) is 18.0. The third-order valence-corrected chi connectivity index (χ3v) is 5.45. The molecule has 0 heterocycles. The van der Waals surface area contributed by atoms with Crippen molar-refractivity contribution in [2.75, 3.05) is 19.8 Å². The van der Waals surface area contributed by atoms with Gasteiger partial charge >= 0.3 is 11.9 Å². The quantitative estimate of drug-likeness (QED) is 0.108. The third kappa shape index (κ3) is 14.1. The molecule has 0 saturated carbocycles. The number of unbranched alkanes of at least 4 members (excludes halogenated alkanes) is 2. The average molecular weight is 520 g/mol. The van der Waals surface area contributed by atoms with Gasteiger partial charge in [-0.05, 0) is 71.8 Å². The highest BCUT2D eigenvalue weighted by atomic mass is 16.5. The lowest BCUT2D eigenvalue weighted by molar-refractivity contribution is -0.149. The fourth-order valence-corrected chi connectivity index (χ4v) is 3.19. The van der Waals surface area contributed by atoms with Crippen LogP contribution in [0.2, 0.25) is 0 Å². The predicted octanol–water partition coefficient (Wildman–Crippen LogP) is 4.05. The van der Waals surface area contributed by atoms with Gasteiger partial charge in [-0.3, -0.25) is 24.1 Å². The standard InChI is InChI=1S/C28H41NO8/c1-19(2)24(31)14-8-10-16-29(25(32)15-9-11-17-36-27(34)20(3)4)26(33)23(22(7)30)13-12-18-37-28(35)21(5)6/h23H,1,3,5,8-18H2,2,4,6-7H3. The molecule has 0 bridgehead atoms. The van der Waals surface area contributed by atoms with E-state index < -0.39 is 35.5 Å². The predicted molar refractivity (Wildman–Crippen MR) is 139 cm³/mol. The summed E-state index contributed by atoms with van der Waals surface area (Å²) in [5.41, 5.74) is 0.971. The number of ether oxygens (including phenoxy) is 2. The van der Waals surface area contributed by atoms with Crippen LogP contribution in [0.3, 0.4) is 0 Å². The second-order valence-corrected chi connectivity index (χ2v) is 9.14. The molecule has 2 amide bonds. The molecule has 9 heteroatoms. The first-order valence-electron chi connectivity index (χ1n) is 12.5. The Morgan fingerprint density at radius 1 is 0.676 bits per heavy atom. The molecule has 0 spiro atoms. The van der Waals surface area contributed by atoms with E-state index in [-0.39, 0.29) is 62.4 Å². The van der Waals surface area contributed by atoms with Crippen LogP contribution < -0.4 is 0 Å². The van der Waals surface area contributed by atoms with Crippen LogP contribution in [0, 0.1) is 5.92 Å². The van der Waals surface area contributed by atoms with E-state index in [0.29, 0.717) is 31.3 Å². The van der Waals surface area contributed by atoms with E-state index in [1.54, 1.807) is 6.92 Å². The van der Waals surface area contributed by atoms with Crippen molar-refractivity contribution >= 4 is 35.3 Å². The Bertz CT molecular complexity index is 902. The molecule has 0 aromatic rings. The maximum atomic E-state index is 13.3. The van der Waals surface area contributed by atoms with Crippen molar-refractivity contribution in [3.8, 4) is 0 Å². The number of nitrogens with zero attached hydrogens (tertiary/aromatic N) is 1. The van der Waals surface area contributed by atoms with Gasteiger partial charge in [-0.1, -0.05) is 19.7 Å². The molecule has 9 nitrogen and oxygen atoms in total. The minimum absolute atomic E-state index is 0.0165. The number of hydrogen-bond donors (Lipinski definition) is 0. The van der Waals surface area contributed by atoms with Crippen LogP contribution in [-0.4, -0.2) is 60.0 Å². The summed E-state index contributed by atoms with van der Waals surface area (Å²) in [7, 11) is 0. The highest BCUT2D eigenvalue weighted by molar-refractivity contribution is 6.06. The normalized spacial score (nSPS) is 11.1. The van der Waals surface area contributed by atoms with Gasteiger partial charge in [0.05, 0.1) is 19.1 Å². The molecule has 37 heavy (non-hydrogen) atoms. The van der Waals surface area contributed by atoms with E-state index in [1.807, 2.05) is 0 Å². The van der Waals surface area contributed by atoms with Crippen molar-refractivity contribution < 1.29 is 38.2 Å². The zero-order valence-corrected chi connectivity index (χ0v) is 22.7. The smallest absolute Gasteiger partial charge is 0.333 e. The third-order valence-electron chi connectivity index (χ3n) is 5.45. The summed E-state index contributed by atoms with van der Waals surface area (Å²) in [5.74, 6) is -3.64. The van der Waals surface area contributed by atoms with E-state index in [9.17, 15) is 28.8 Å². The second-order valence-electron chi connectivity index (χ2n) is 9.14. The molecule has 0 rings (SSSR count). The Balaban J connectivity index is 5.17. The van der Waals surface area contributed by atoms with Crippen LogP contribution in [0.15, 0.2) is 36.5 Å². The first-order valence-corrected chi connectivity index (χ1v) is 12.5. The molecular formula is C28H41NO8. The molecule has 0 aromatic carbocycles. The van der Waals surface area contributed by atoms with Gasteiger partial charge in [-0.2, -0.15) is 0 Å². The first-order chi connectivity index (χ1) is 17.3. The number of allylic oxidation sites excluding steroid dienone is 1. The summed E-state index contributed by atoms with van der Waals surface area (Å²) >= 11 is 0. The Labute approximate surface area is 219 Å². The van der Waals surface area contributed by atoms with Gasteiger partial charge in [-0.15, -0.1) is 0 Å². The average Bonchev–Trinajstić information content (AvgIpc) is 2.82. The van der Waals surface area contributed by atoms with Crippen molar-refractivity contribution in [1.29, 1.82) is 0 Å². The van der Waals surface area contributed by atoms with Crippen molar-refractivity contribution in [3.63, 3.8) is 0 Å².